The molecule has 2 rings (SSSR count). The fourth-order valence-electron chi connectivity index (χ4n) is 2.92. The molecule has 21 heavy (non-hydrogen) atoms. The number of hydrogen-bond donors (Lipinski definition) is 0. The Balaban J connectivity index is 1.93. The molecule has 0 aliphatic carbocycles. The first kappa shape index (κ1) is 16.0. The molecule has 1 amide bonds. The van der Waals surface area contributed by atoms with Gasteiger partial charge in [-0.25, -0.2) is 4.39 Å². The monoisotopic (exact) mass is 292 g/mol. The molecule has 1 unspecified atom stereocenters. The molecule has 0 spiro atoms. The summed E-state index contributed by atoms with van der Waals surface area (Å²) in [5.41, 5.74) is 0.913. The van der Waals surface area contributed by atoms with Crippen LogP contribution in [0.1, 0.15) is 38.7 Å². The summed E-state index contributed by atoms with van der Waals surface area (Å²) >= 11 is 0. The van der Waals surface area contributed by atoms with Gasteiger partial charge >= 0.3 is 0 Å². The maximum Gasteiger partial charge on any atom is 0.236 e. The molecule has 3 nitrogen and oxygen atoms in total. The molecule has 1 saturated heterocycles. The summed E-state index contributed by atoms with van der Waals surface area (Å²) in [5, 5.41) is 0. The number of benzene rings is 1. The van der Waals surface area contributed by atoms with E-state index >= 15 is 0 Å². The minimum Gasteiger partial charge on any atom is -0.339 e. The molecule has 1 heterocycles. The van der Waals surface area contributed by atoms with Gasteiger partial charge < -0.3 is 4.90 Å². The van der Waals surface area contributed by atoms with E-state index in [0.717, 1.165) is 31.5 Å². The van der Waals surface area contributed by atoms with Gasteiger partial charge in [0.15, 0.2) is 0 Å². The van der Waals surface area contributed by atoms with Crippen LogP contribution < -0.4 is 0 Å². The Morgan fingerprint density at radius 1 is 1.43 bits per heavy atom. The highest BCUT2D eigenvalue weighted by molar-refractivity contribution is 5.78. The SMILES string of the molecule is CCN(CC(=O)N1CCCCC1C)Cc1cccc(F)c1. The molecule has 4 heteroatoms. The largest absolute Gasteiger partial charge is 0.339 e. The summed E-state index contributed by atoms with van der Waals surface area (Å²) in [5.74, 6) is -0.0278. The second kappa shape index (κ2) is 7.55. The van der Waals surface area contributed by atoms with E-state index in [0.29, 0.717) is 19.1 Å². The van der Waals surface area contributed by atoms with E-state index in [9.17, 15) is 9.18 Å². The third kappa shape index (κ3) is 4.53. The Morgan fingerprint density at radius 2 is 2.24 bits per heavy atom. The highest BCUT2D eigenvalue weighted by Gasteiger charge is 2.24. The molecule has 1 aliphatic rings. The smallest absolute Gasteiger partial charge is 0.236 e. The van der Waals surface area contributed by atoms with Crippen molar-refractivity contribution in [3.05, 3.63) is 35.6 Å². The molecule has 1 aromatic carbocycles. The highest BCUT2D eigenvalue weighted by Crippen LogP contribution is 2.17. The third-order valence-corrected chi connectivity index (χ3v) is 4.22. The fraction of sp³-hybridized carbons (Fsp3) is 0.588. The van der Waals surface area contributed by atoms with Crippen molar-refractivity contribution in [3.8, 4) is 0 Å². The fourth-order valence-corrected chi connectivity index (χ4v) is 2.92. The summed E-state index contributed by atoms with van der Waals surface area (Å²) in [6.07, 6.45) is 3.42. The van der Waals surface area contributed by atoms with Crippen molar-refractivity contribution in [2.75, 3.05) is 19.6 Å². The second-order valence-electron chi connectivity index (χ2n) is 5.87. The highest BCUT2D eigenvalue weighted by atomic mass is 19.1. The summed E-state index contributed by atoms with van der Waals surface area (Å²) in [6, 6.07) is 6.95. The first-order chi connectivity index (χ1) is 10.1. The van der Waals surface area contributed by atoms with Crippen molar-refractivity contribution in [2.24, 2.45) is 0 Å². The number of carbonyl (C=O) groups excluding carboxylic acids is 1. The Kier molecular flexibility index (Phi) is 5.74. The van der Waals surface area contributed by atoms with Gasteiger partial charge in [0.05, 0.1) is 6.54 Å². The Hall–Kier alpha value is -1.42. The van der Waals surface area contributed by atoms with Crippen LogP contribution in [0.5, 0.6) is 0 Å². The van der Waals surface area contributed by atoms with Crippen LogP contribution in [0.3, 0.4) is 0 Å². The molecule has 1 aromatic rings. The van der Waals surface area contributed by atoms with Crippen LogP contribution >= 0.6 is 0 Å². The maximum absolute atomic E-state index is 13.2. The zero-order valence-corrected chi connectivity index (χ0v) is 13.0. The number of rotatable bonds is 5. The van der Waals surface area contributed by atoms with Crippen LogP contribution in [-0.4, -0.2) is 41.4 Å². The quantitative estimate of drug-likeness (QED) is 0.833. The zero-order valence-electron chi connectivity index (χ0n) is 13.0. The zero-order chi connectivity index (χ0) is 15.2. The molecule has 1 aliphatic heterocycles. The predicted molar refractivity (Wildman–Crippen MR) is 82.4 cm³/mol. The molecule has 0 bridgehead atoms. The van der Waals surface area contributed by atoms with E-state index in [2.05, 4.69) is 11.8 Å². The topological polar surface area (TPSA) is 23.6 Å². The Morgan fingerprint density at radius 3 is 2.90 bits per heavy atom. The minimum absolute atomic E-state index is 0.195. The van der Waals surface area contributed by atoms with E-state index in [-0.39, 0.29) is 11.7 Å². The number of hydrogen-bond acceptors (Lipinski definition) is 2. The van der Waals surface area contributed by atoms with E-state index in [1.54, 1.807) is 6.07 Å². The molecule has 1 fully saturated rings. The molecule has 1 atom stereocenters. The maximum atomic E-state index is 13.2. The molecule has 0 N–H and O–H groups in total. The first-order valence-electron chi connectivity index (χ1n) is 7.86. The molecular weight excluding hydrogens is 267 g/mol. The van der Waals surface area contributed by atoms with Crippen LogP contribution in [0.2, 0.25) is 0 Å². The van der Waals surface area contributed by atoms with Crippen LogP contribution in [-0.2, 0) is 11.3 Å². The number of carbonyl (C=O) groups is 1. The van der Waals surface area contributed by atoms with Crippen molar-refractivity contribution in [3.63, 3.8) is 0 Å². The van der Waals surface area contributed by atoms with E-state index < -0.39 is 0 Å². The second-order valence-corrected chi connectivity index (χ2v) is 5.87. The Labute approximate surface area is 126 Å². The molecule has 0 radical (unpaired) electrons. The van der Waals surface area contributed by atoms with Crippen molar-refractivity contribution in [1.29, 1.82) is 0 Å². The van der Waals surface area contributed by atoms with Gasteiger partial charge in [0, 0.05) is 19.1 Å². The van der Waals surface area contributed by atoms with Crippen LogP contribution in [0.25, 0.3) is 0 Å². The van der Waals surface area contributed by atoms with Gasteiger partial charge in [-0.2, -0.15) is 0 Å². The normalized spacial score (nSPS) is 19.0. The van der Waals surface area contributed by atoms with Crippen LogP contribution in [0, 0.1) is 5.82 Å². The van der Waals surface area contributed by atoms with Gasteiger partial charge in [0.25, 0.3) is 0 Å². The Bertz CT molecular complexity index is 478. The average molecular weight is 292 g/mol. The predicted octanol–water partition coefficient (Wildman–Crippen LogP) is 3.05. The summed E-state index contributed by atoms with van der Waals surface area (Å²) in [7, 11) is 0. The lowest BCUT2D eigenvalue weighted by molar-refractivity contribution is -0.135. The lowest BCUT2D eigenvalue weighted by atomic mass is 10.0. The van der Waals surface area contributed by atoms with Gasteiger partial charge in [0.1, 0.15) is 5.82 Å². The standard InChI is InChI=1S/C17H25FN2O/c1-3-19(12-15-8-6-9-16(18)11-15)13-17(21)20-10-5-4-7-14(20)2/h6,8-9,11,14H,3-5,7,10,12-13H2,1-2H3. The van der Waals surface area contributed by atoms with E-state index in [4.69, 9.17) is 0 Å². The van der Waals surface area contributed by atoms with Crippen molar-refractivity contribution >= 4 is 5.91 Å². The molecule has 116 valence electrons. The van der Waals surface area contributed by atoms with Gasteiger partial charge in [-0.15, -0.1) is 0 Å². The summed E-state index contributed by atoms with van der Waals surface area (Å²) in [6.45, 7) is 6.84. The molecule has 0 aromatic heterocycles. The van der Waals surface area contributed by atoms with Crippen molar-refractivity contribution in [2.45, 2.75) is 45.7 Å². The van der Waals surface area contributed by atoms with Crippen molar-refractivity contribution < 1.29 is 9.18 Å². The number of nitrogens with zero attached hydrogens (tertiary/aromatic N) is 2. The lowest BCUT2D eigenvalue weighted by Gasteiger charge is -2.35. The molecular formula is C17H25FN2O. The van der Waals surface area contributed by atoms with Gasteiger partial charge in [0.2, 0.25) is 5.91 Å². The number of likely N-dealkylation sites (N-methyl/N-ethyl adjacent to an activating group) is 1. The van der Waals surface area contributed by atoms with Gasteiger partial charge in [-0.1, -0.05) is 19.1 Å². The lowest BCUT2D eigenvalue weighted by Crippen LogP contribution is -2.46. The number of likely N-dealkylation sites (tertiary alicyclic amines) is 1. The molecule has 0 saturated carbocycles. The summed E-state index contributed by atoms with van der Waals surface area (Å²) in [4.78, 5) is 16.5. The van der Waals surface area contributed by atoms with Crippen molar-refractivity contribution in [1.82, 2.24) is 9.80 Å². The number of amides is 1. The minimum atomic E-state index is -0.223. The van der Waals surface area contributed by atoms with Gasteiger partial charge in [-0.3, -0.25) is 9.69 Å². The number of piperidine rings is 1. The first-order valence-corrected chi connectivity index (χ1v) is 7.86. The van der Waals surface area contributed by atoms with Gasteiger partial charge in [-0.05, 0) is 50.4 Å². The van der Waals surface area contributed by atoms with E-state index in [1.165, 1.54) is 18.6 Å². The van der Waals surface area contributed by atoms with E-state index in [1.807, 2.05) is 17.9 Å². The third-order valence-electron chi connectivity index (χ3n) is 4.22. The van der Waals surface area contributed by atoms with Crippen LogP contribution in [0.4, 0.5) is 4.39 Å². The average Bonchev–Trinajstić information content (AvgIpc) is 2.47. The number of halogens is 1. The summed E-state index contributed by atoms with van der Waals surface area (Å²) < 4.78 is 13.2. The van der Waals surface area contributed by atoms with Crippen LogP contribution in [0.15, 0.2) is 24.3 Å².